The van der Waals surface area contributed by atoms with Gasteiger partial charge in [0.1, 0.15) is 0 Å². The molecular weight excluding hydrogens is 398 g/mol. The van der Waals surface area contributed by atoms with E-state index in [0.29, 0.717) is 0 Å². The zero-order valence-corrected chi connectivity index (χ0v) is 17.1. The highest BCUT2D eigenvalue weighted by molar-refractivity contribution is 7.18. The number of anilines is 4. The van der Waals surface area contributed by atoms with Crippen LogP contribution in [0.4, 0.5) is 23.0 Å². The van der Waals surface area contributed by atoms with E-state index < -0.39 is 0 Å². The molecule has 3 aromatic heterocycles. The molecule has 0 saturated carbocycles. The van der Waals surface area contributed by atoms with Crippen LogP contribution in [0.15, 0.2) is 53.4 Å². The predicted molar refractivity (Wildman–Crippen MR) is 122 cm³/mol. The largest absolute Gasteiger partial charge is 0.338 e. The van der Waals surface area contributed by atoms with Gasteiger partial charge in [0.25, 0.3) is 0 Å². The molecule has 142 valence electrons. The van der Waals surface area contributed by atoms with Crippen LogP contribution in [0.3, 0.4) is 0 Å². The molecule has 0 aliphatic heterocycles. The van der Waals surface area contributed by atoms with Crippen LogP contribution < -0.4 is 10.6 Å². The molecule has 0 amide bonds. The molecule has 0 fully saturated rings. The first-order chi connectivity index (χ1) is 14.3. The summed E-state index contributed by atoms with van der Waals surface area (Å²) in [4.78, 5) is 4.34. The Morgan fingerprint density at radius 2 is 1.62 bits per heavy atom. The molecule has 0 radical (unpaired) electrons. The fraction of sp³-hybridized carbons (Fsp3) is 0.136. The first-order valence-corrected chi connectivity index (χ1v) is 11.3. The third-order valence-electron chi connectivity index (χ3n) is 5.34. The lowest BCUT2D eigenvalue weighted by atomic mass is 10.1. The monoisotopic (exact) mass is 415 g/mol. The summed E-state index contributed by atoms with van der Waals surface area (Å²) in [6.45, 7) is 0. The van der Waals surface area contributed by atoms with Crippen LogP contribution in [0.25, 0.3) is 20.3 Å². The minimum absolute atomic E-state index is 0.776. The van der Waals surface area contributed by atoms with Crippen molar-refractivity contribution < 1.29 is 0 Å². The quantitative estimate of drug-likeness (QED) is 0.362. The topological polar surface area (TPSA) is 62.7 Å². The molecule has 5 aromatic rings. The lowest BCUT2D eigenvalue weighted by Gasteiger charge is -2.11. The molecule has 0 atom stereocenters. The van der Waals surface area contributed by atoms with Gasteiger partial charge in [-0.15, -0.1) is 32.9 Å². The van der Waals surface area contributed by atoms with E-state index in [1.165, 1.54) is 24.0 Å². The molecule has 0 spiro atoms. The van der Waals surface area contributed by atoms with Crippen molar-refractivity contribution >= 4 is 66.0 Å². The number of aryl methyl sites for hydroxylation is 2. The number of benzene rings is 2. The number of rotatable bonds is 4. The Bertz CT molecular complexity index is 1350. The predicted octanol–water partition coefficient (Wildman–Crippen LogP) is 6.28. The number of nitrogens with zero attached hydrogens (tertiary/aromatic N) is 3. The number of aromatic nitrogens is 3. The van der Waals surface area contributed by atoms with Crippen molar-refractivity contribution in [2.75, 3.05) is 10.6 Å². The Kier molecular flexibility index (Phi) is 3.95. The van der Waals surface area contributed by atoms with Crippen molar-refractivity contribution in [3.05, 3.63) is 64.5 Å². The minimum atomic E-state index is 0.776. The van der Waals surface area contributed by atoms with Gasteiger partial charge in [0.15, 0.2) is 11.6 Å². The number of thiazole rings is 1. The van der Waals surface area contributed by atoms with Crippen LogP contribution in [0.1, 0.15) is 17.5 Å². The summed E-state index contributed by atoms with van der Waals surface area (Å²) in [5.74, 6) is 1.57. The first-order valence-electron chi connectivity index (χ1n) is 9.56. The summed E-state index contributed by atoms with van der Waals surface area (Å²) < 4.78 is 2.24. The van der Waals surface area contributed by atoms with E-state index >= 15 is 0 Å². The molecule has 29 heavy (non-hydrogen) atoms. The van der Waals surface area contributed by atoms with E-state index in [-0.39, 0.29) is 0 Å². The average Bonchev–Trinajstić information content (AvgIpc) is 3.49. The van der Waals surface area contributed by atoms with Gasteiger partial charge < -0.3 is 10.6 Å². The number of hydrogen-bond acceptors (Lipinski definition) is 7. The van der Waals surface area contributed by atoms with Gasteiger partial charge in [-0.05, 0) is 72.2 Å². The van der Waals surface area contributed by atoms with Gasteiger partial charge in [0, 0.05) is 16.8 Å². The molecule has 2 aromatic carbocycles. The molecule has 0 unspecified atom stereocenters. The zero-order chi connectivity index (χ0) is 19.2. The third-order valence-corrected chi connectivity index (χ3v) is 7.05. The fourth-order valence-corrected chi connectivity index (χ4v) is 5.46. The van der Waals surface area contributed by atoms with Crippen molar-refractivity contribution in [2.45, 2.75) is 19.3 Å². The summed E-state index contributed by atoms with van der Waals surface area (Å²) in [6, 6.07) is 14.9. The lowest BCUT2D eigenvalue weighted by molar-refractivity contribution is 0.912. The normalized spacial score (nSPS) is 13.1. The van der Waals surface area contributed by atoms with Gasteiger partial charge in [-0.3, -0.25) is 0 Å². The Hall–Kier alpha value is -3.03. The van der Waals surface area contributed by atoms with Crippen molar-refractivity contribution in [1.82, 2.24) is 15.2 Å². The summed E-state index contributed by atoms with van der Waals surface area (Å²) in [6.07, 6.45) is 3.61. The summed E-state index contributed by atoms with van der Waals surface area (Å²) in [5, 5.41) is 19.0. The van der Waals surface area contributed by atoms with Crippen molar-refractivity contribution in [3.8, 4) is 0 Å². The molecule has 6 rings (SSSR count). The van der Waals surface area contributed by atoms with Crippen LogP contribution in [-0.4, -0.2) is 15.2 Å². The Labute approximate surface area is 175 Å². The highest BCUT2D eigenvalue weighted by Crippen LogP contribution is 2.35. The van der Waals surface area contributed by atoms with Gasteiger partial charge in [0.2, 0.25) is 0 Å². The molecule has 7 heteroatoms. The van der Waals surface area contributed by atoms with Gasteiger partial charge in [-0.25, -0.2) is 4.98 Å². The molecule has 5 nitrogen and oxygen atoms in total. The molecule has 1 aliphatic carbocycles. The number of hydrogen-bond donors (Lipinski definition) is 2. The molecule has 1 aliphatic rings. The van der Waals surface area contributed by atoms with Crippen LogP contribution >= 0.6 is 22.7 Å². The standard InChI is InChI=1S/C22H17N5S2/c1-2-13-4-5-15(10-14(13)3-1)24-21-17-8-9-28-20(17)22(27-26-21)25-16-6-7-18-19(11-16)29-12-23-18/h4-12H,1-3H2,(H,24,26)(H,25,27). The van der Waals surface area contributed by atoms with E-state index in [1.807, 2.05) is 17.6 Å². The van der Waals surface area contributed by atoms with Crippen molar-refractivity contribution in [1.29, 1.82) is 0 Å². The lowest BCUT2D eigenvalue weighted by Crippen LogP contribution is -2.01. The first kappa shape index (κ1) is 16.9. The average molecular weight is 416 g/mol. The summed E-state index contributed by atoms with van der Waals surface area (Å²) in [5.41, 5.74) is 7.86. The fourth-order valence-electron chi connectivity index (χ4n) is 3.91. The smallest absolute Gasteiger partial charge is 0.171 e. The van der Waals surface area contributed by atoms with Crippen LogP contribution in [0.5, 0.6) is 0 Å². The molecule has 2 N–H and O–H groups in total. The highest BCUT2D eigenvalue weighted by atomic mass is 32.1. The van der Waals surface area contributed by atoms with E-state index in [2.05, 4.69) is 61.5 Å². The van der Waals surface area contributed by atoms with Crippen molar-refractivity contribution in [3.63, 3.8) is 0 Å². The second-order valence-corrected chi connectivity index (χ2v) is 8.98. The van der Waals surface area contributed by atoms with E-state index in [9.17, 15) is 0 Å². The molecule has 3 heterocycles. The summed E-state index contributed by atoms with van der Waals surface area (Å²) in [7, 11) is 0. The van der Waals surface area contributed by atoms with Crippen molar-refractivity contribution in [2.24, 2.45) is 0 Å². The van der Waals surface area contributed by atoms with Gasteiger partial charge in [0.05, 0.1) is 20.4 Å². The second kappa shape index (κ2) is 6.79. The maximum absolute atomic E-state index is 4.49. The molecule has 0 bridgehead atoms. The number of fused-ring (bicyclic) bond motifs is 3. The number of thiophene rings is 1. The molecule has 0 saturated heterocycles. The highest BCUT2D eigenvalue weighted by Gasteiger charge is 2.14. The maximum Gasteiger partial charge on any atom is 0.171 e. The zero-order valence-electron chi connectivity index (χ0n) is 15.5. The molecular formula is C22H17N5S2. The third kappa shape index (κ3) is 3.03. The van der Waals surface area contributed by atoms with E-state index in [4.69, 9.17) is 0 Å². The SMILES string of the molecule is c1nc2ccc(Nc3nnc(Nc4ccc5c(c4)CCC5)c4ccsc34)cc2s1. The van der Waals surface area contributed by atoms with E-state index in [0.717, 1.165) is 49.7 Å². The van der Waals surface area contributed by atoms with Crippen LogP contribution in [0.2, 0.25) is 0 Å². The maximum atomic E-state index is 4.49. The Morgan fingerprint density at radius 3 is 2.62 bits per heavy atom. The summed E-state index contributed by atoms with van der Waals surface area (Å²) >= 11 is 3.30. The van der Waals surface area contributed by atoms with Gasteiger partial charge in [-0.1, -0.05) is 6.07 Å². The van der Waals surface area contributed by atoms with Gasteiger partial charge >= 0.3 is 0 Å². The van der Waals surface area contributed by atoms with Crippen LogP contribution in [0, 0.1) is 0 Å². The van der Waals surface area contributed by atoms with Crippen LogP contribution in [-0.2, 0) is 12.8 Å². The number of nitrogens with one attached hydrogen (secondary N) is 2. The Balaban J connectivity index is 1.33. The Morgan fingerprint density at radius 1 is 0.793 bits per heavy atom. The minimum Gasteiger partial charge on any atom is -0.338 e. The van der Waals surface area contributed by atoms with E-state index in [1.54, 1.807) is 22.7 Å². The van der Waals surface area contributed by atoms with Gasteiger partial charge in [-0.2, -0.15) is 0 Å². The second-order valence-electron chi connectivity index (χ2n) is 7.18.